The monoisotopic (exact) mass is 515 g/mol. The lowest BCUT2D eigenvalue weighted by atomic mass is 10.1. The highest BCUT2D eigenvalue weighted by atomic mass is 32.2. The van der Waals surface area contributed by atoms with Gasteiger partial charge in [0.25, 0.3) is 0 Å². The molecule has 0 spiro atoms. The highest BCUT2D eigenvalue weighted by Gasteiger charge is 2.18. The Bertz CT molecular complexity index is 1490. The molecule has 0 bridgehead atoms. The molecule has 4 rings (SSSR count). The molecule has 9 heteroatoms. The largest absolute Gasteiger partial charge is 0.497 e. The number of ether oxygens (including phenoxy) is 1. The predicted molar refractivity (Wildman–Crippen MR) is 140 cm³/mol. The van der Waals surface area contributed by atoms with Gasteiger partial charge in [0.15, 0.2) is 5.75 Å². The van der Waals surface area contributed by atoms with Crippen LogP contribution in [0.4, 0.5) is 0 Å². The molecule has 188 valence electrons. The van der Waals surface area contributed by atoms with Gasteiger partial charge in [0.1, 0.15) is 10.6 Å². The highest BCUT2D eigenvalue weighted by molar-refractivity contribution is 7.87. The van der Waals surface area contributed by atoms with Crippen LogP contribution in [0, 0.1) is 0 Å². The van der Waals surface area contributed by atoms with Gasteiger partial charge in [-0.25, -0.2) is 5.43 Å². The molecule has 1 amide bonds. The number of carbonyl (C=O) groups is 1. The van der Waals surface area contributed by atoms with Crippen molar-refractivity contribution in [3.63, 3.8) is 0 Å². The molecule has 8 nitrogen and oxygen atoms in total. The maximum absolute atomic E-state index is 12.9. The van der Waals surface area contributed by atoms with Gasteiger partial charge < -0.3 is 8.92 Å². The van der Waals surface area contributed by atoms with Gasteiger partial charge in [-0.3, -0.25) is 9.78 Å². The van der Waals surface area contributed by atoms with Gasteiger partial charge in [0.2, 0.25) is 5.91 Å². The Labute approximate surface area is 215 Å². The molecule has 0 aliphatic rings. The number of methoxy groups -OCH3 is 1. The van der Waals surface area contributed by atoms with Crippen LogP contribution < -0.4 is 14.3 Å². The lowest BCUT2D eigenvalue weighted by Gasteiger charge is -2.10. The number of pyridine rings is 1. The Morgan fingerprint density at radius 3 is 2.49 bits per heavy atom. The summed E-state index contributed by atoms with van der Waals surface area (Å²) in [6, 6.07) is 24.0. The summed E-state index contributed by atoms with van der Waals surface area (Å²) >= 11 is 0. The molecule has 37 heavy (non-hydrogen) atoms. The van der Waals surface area contributed by atoms with Gasteiger partial charge >= 0.3 is 10.1 Å². The summed E-state index contributed by atoms with van der Waals surface area (Å²) in [6.07, 6.45) is 5.56. The maximum atomic E-state index is 12.9. The number of hydrogen-bond donors (Lipinski definition) is 1. The average Bonchev–Trinajstić information content (AvgIpc) is 2.90. The average molecular weight is 516 g/mol. The van der Waals surface area contributed by atoms with E-state index < -0.39 is 10.1 Å². The number of amides is 1. The van der Waals surface area contributed by atoms with Gasteiger partial charge in [-0.1, -0.05) is 42.5 Å². The van der Waals surface area contributed by atoms with Crippen LogP contribution in [0.1, 0.15) is 22.3 Å². The number of hydrogen-bond acceptors (Lipinski definition) is 7. The van der Waals surface area contributed by atoms with E-state index in [0.717, 1.165) is 16.7 Å². The first-order chi connectivity index (χ1) is 17.9. The van der Waals surface area contributed by atoms with Crippen LogP contribution in [0.3, 0.4) is 0 Å². The second-order valence-electron chi connectivity index (χ2n) is 8.08. The Morgan fingerprint density at radius 2 is 1.73 bits per heavy atom. The van der Waals surface area contributed by atoms with Gasteiger partial charge in [0, 0.05) is 18.0 Å². The molecule has 0 saturated carbocycles. The summed E-state index contributed by atoms with van der Waals surface area (Å²) in [7, 11) is -2.53. The van der Waals surface area contributed by atoms with Crippen molar-refractivity contribution in [1.82, 2.24) is 10.4 Å². The van der Waals surface area contributed by atoms with Crippen LogP contribution >= 0.6 is 0 Å². The molecule has 1 aromatic heterocycles. The number of aromatic nitrogens is 1. The minimum atomic E-state index is -4.09. The van der Waals surface area contributed by atoms with E-state index in [0.29, 0.717) is 17.7 Å². The summed E-state index contributed by atoms with van der Waals surface area (Å²) in [5, 5.41) is 3.96. The summed E-state index contributed by atoms with van der Waals surface area (Å²) in [5.41, 5.74) is 5.58. The van der Waals surface area contributed by atoms with Crippen molar-refractivity contribution in [2.45, 2.75) is 17.7 Å². The van der Waals surface area contributed by atoms with Crippen molar-refractivity contribution in [3.8, 4) is 11.5 Å². The summed E-state index contributed by atoms with van der Waals surface area (Å²) < 4.78 is 36.4. The van der Waals surface area contributed by atoms with Gasteiger partial charge in [-0.05, 0) is 65.6 Å². The van der Waals surface area contributed by atoms with Crippen LogP contribution in [-0.2, 0) is 27.8 Å². The molecule has 0 aliphatic carbocycles. The summed E-state index contributed by atoms with van der Waals surface area (Å²) in [5.74, 6) is 0.416. The van der Waals surface area contributed by atoms with Crippen LogP contribution in [0.5, 0.6) is 11.5 Å². The molecule has 1 N–H and O–H groups in total. The third kappa shape index (κ3) is 7.25. The van der Waals surface area contributed by atoms with Crippen molar-refractivity contribution < 1.29 is 22.1 Å². The molecule has 1 heterocycles. The van der Waals surface area contributed by atoms with E-state index in [-0.39, 0.29) is 23.0 Å². The second kappa shape index (κ2) is 12.0. The third-order valence-electron chi connectivity index (χ3n) is 5.35. The number of carbonyl (C=O) groups excluding carboxylic acids is 1. The number of para-hydroxylation sites is 1. The van der Waals surface area contributed by atoms with E-state index >= 15 is 0 Å². The standard InChI is InChI=1S/C28H25N3O5S/c1-35-25-9-4-6-22(17-25)18-28(32)31-30-20-24-8-2-3-10-27(24)36-37(33,34)26-13-11-21(12-14-26)16-23-7-5-15-29-19-23/h2-15,17,19-20H,16,18H2,1H3,(H,31,32)/b30-20+. The quantitative estimate of drug-likeness (QED) is 0.193. The summed E-state index contributed by atoms with van der Waals surface area (Å²) in [6.45, 7) is 0. The molecule has 0 fully saturated rings. The fraction of sp³-hybridized carbons (Fsp3) is 0.107. The number of nitrogens with one attached hydrogen (secondary N) is 1. The molecule has 0 radical (unpaired) electrons. The first kappa shape index (κ1) is 25.6. The SMILES string of the molecule is COc1cccc(CC(=O)N/N=C/c2ccccc2OS(=O)(=O)c2ccc(Cc3cccnc3)cc2)c1. The lowest BCUT2D eigenvalue weighted by molar-refractivity contribution is -0.120. The molecule has 4 aromatic rings. The molecule has 0 aliphatic heterocycles. The van der Waals surface area contributed by atoms with Crippen LogP contribution in [0.15, 0.2) is 107 Å². The number of hydrazone groups is 1. The van der Waals surface area contributed by atoms with E-state index in [2.05, 4.69) is 15.5 Å². The van der Waals surface area contributed by atoms with E-state index in [9.17, 15) is 13.2 Å². The molecular weight excluding hydrogens is 490 g/mol. The Balaban J connectivity index is 1.40. The van der Waals surface area contributed by atoms with E-state index in [1.807, 2.05) is 18.2 Å². The Morgan fingerprint density at radius 1 is 0.946 bits per heavy atom. The molecule has 3 aromatic carbocycles. The molecule has 0 unspecified atom stereocenters. The van der Waals surface area contributed by atoms with Crippen LogP contribution in [-0.4, -0.2) is 32.6 Å². The second-order valence-corrected chi connectivity index (χ2v) is 9.63. The summed E-state index contributed by atoms with van der Waals surface area (Å²) in [4.78, 5) is 16.4. The van der Waals surface area contributed by atoms with Gasteiger partial charge in [-0.2, -0.15) is 13.5 Å². The van der Waals surface area contributed by atoms with Crippen LogP contribution in [0.2, 0.25) is 0 Å². The molecule has 0 saturated heterocycles. The van der Waals surface area contributed by atoms with E-state index in [1.54, 1.807) is 68.0 Å². The smallest absolute Gasteiger partial charge is 0.339 e. The van der Waals surface area contributed by atoms with Crippen molar-refractivity contribution in [2.75, 3.05) is 7.11 Å². The predicted octanol–water partition coefficient (Wildman–Crippen LogP) is 4.14. The minimum Gasteiger partial charge on any atom is -0.497 e. The van der Waals surface area contributed by atoms with Gasteiger partial charge in [0.05, 0.1) is 19.7 Å². The van der Waals surface area contributed by atoms with E-state index in [1.165, 1.54) is 24.4 Å². The van der Waals surface area contributed by atoms with Crippen LogP contribution in [0.25, 0.3) is 0 Å². The number of nitrogens with zero attached hydrogens (tertiary/aromatic N) is 2. The van der Waals surface area contributed by atoms with E-state index in [4.69, 9.17) is 8.92 Å². The Kier molecular flexibility index (Phi) is 8.27. The Hall–Kier alpha value is -4.50. The maximum Gasteiger partial charge on any atom is 0.339 e. The first-order valence-electron chi connectivity index (χ1n) is 11.4. The minimum absolute atomic E-state index is 0.0285. The van der Waals surface area contributed by atoms with Crippen molar-refractivity contribution >= 4 is 22.2 Å². The fourth-order valence-corrected chi connectivity index (χ4v) is 4.48. The van der Waals surface area contributed by atoms with Crippen molar-refractivity contribution in [3.05, 3.63) is 120 Å². The number of rotatable bonds is 10. The number of benzene rings is 3. The lowest BCUT2D eigenvalue weighted by Crippen LogP contribution is -2.20. The zero-order chi connectivity index (χ0) is 26.1. The van der Waals surface area contributed by atoms with Crippen molar-refractivity contribution in [1.29, 1.82) is 0 Å². The fourth-order valence-electron chi connectivity index (χ4n) is 3.52. The first-order valence-corrected chi connectivity index (χ1v) is 12.8. The zero-order valence-electron chi connectivity index (χ0n) is 20.1. The normalized spacial score (nSPS) is 11.3. The topological polar surface area (TPSA) is 107 Å². The zero-order valence-corrected chi connectivity index (χ0v) is 20.9. The molecule has 0 atom stereocenters. The van der Waals surface area contributed by atoms with Crippen molar-refractivity contribution in [2.24, 2.45) is 5.10 Å². The highest BCUT2D eigenvalue weighted by Crippen LogP contribution is 2.23. The third-order valence-corrected chi connectivity index (χ3v) is 6.60. The van der Waals surface area contributed by atoms with Gasteiger partial charge in [-0.15, -0.1) is 0 Å². The molecular formula is C28H25N3O5S.